The van der Waals surface area contributed by atoms with Gasteiger partial charge in [0, 0.05) is 29.8 Å². The fraction of sp³-hybridized carbons (Fsp3) is 0.231. The van der Waals surface area contributed by atoms with Crippen LogP contribution in [0.5, 0.6) is 0 Å². The molecule has 3 nitrogen and oxygen atoms in total. The molecule has 1 aromatic heterocycles. The first kappa shape index (κ1) is 13.0. The van der Waals surface area contributed by atoms with Crippen LogP contribution in [-0.4, -0.2) is 15.6 Å². The Morgan fingerprint density at radius 1 is 1.44 bits per heavy atom. The highest BCUT2D eigenvalue weighted by atomic mass is 79.9. The van der Waals surface area contributed by atoms with Crippen LogP contribution in [0.1, 0.15) is 22.5 Å². The zero-order chi connectivity index (χ0) is 13.1. The van der Waals surface area contributed by atoms with Gasteiger partial charge in [-0.25, -0.2) is 4.39 Å². The van der Waals surface area contributed by atoms with E-state index in [2.05, 4.69) is 21.0 Å². The van der Waals surface area contributed by atoms with Crippen LogP contribution < -0.4 is 0 Å². The Morgan fingerprint density at radius 3 is 2.89 bits per heavy atom. The molecule has 0 saturated heterocycles. The van der Waals surface area contributed by atoms with E-state index in [1.54, 1.807) is 16.9 Å². The van der Waals surface area contributed by atoms with Crippen LogP contribution in [-0.2, 0) is 13.5 Å². The summed E-state index contributed by atoms with van der Waals surface area (Å²) in [7, 11) is 1.82. The maximum absolute atomic E-state index is 13.5. The zero-order valence-electron chi connectivity index (χ0n) is 9.86. The maximum atomic E-state index is 13.5. The Morgan fingerprint density at radius 2 is 2.22 bits per heavy atom. The first-order valence-electron chi connectivity index (χ1n) is 5.53. The highest BCUT2D eigenvalue weighted by Gasteiger charge is 2.12. The minimum Gasteiger partial charge on any atom is -0.294 e. The molecule has 94 valence electrons. The minimum absolute atomic E-state index is 0.131. The van der Waals surface area contributed by atoms with Crippen molar-refractivity contribution in [2.45, 2.75) is 12.8 Å². The quantitative estimate of drug-likeness (QED) is 0.813. The smallest absolute Gasteiger partial charge is 0.166 e. The van der Waals surface area contributed by atoms with E-state index < -0.39 is 5.82 Å². The van der Waals surface area contributed by atoms with Gasteiger partial charge >= 0.3 is 0 Å². The summed E-state index contributed by atoms with van der Waals surface area (Å²) in [5.41, 5.74) is 1.09. The van der Waals surface area contributed by atoms with Gasteiger partial charge in [0.1, 0.15) is 5.82 Å². The van der Waals surface area contributed by atoms with E-state index in [9.17, 15) is 9.18 Å². The first-order chi connectivity index (χ1) is 8.58. The fourth-order valence-corrected chi connectivity index (χ4v) is 2.10. The minimum atomic E-state index is -0.479. The second-order valence-corrected chi connectivity index (χ2v) is 4.91. The molecule has 0 radical (unpaired) electrons. The number of halogens is 2. The third kappa shape index (κ3) is 2.85. The van der Waals surface area contributed by atoms with Gasteiger partial charge in [-0.15, -0.1) is 0 Å². The van der Waals surface area contributed by atoms with Gasteiger partial charge in [0.25, 0.3) is 0 Å². The SMILES string of the molecule is Cn1nccc1CCC(=O)c1cc(Br)ccc1F. The lowest BCUT2D eigenvalue weighted by molar-refractivity contribution is 0.0978. The number of rotatable bonds is 4. The van der Waals surface area contributed by atoms with Gasteiger partial charge in [0.05, 0.1) is 5.56 Å². The number of aryl methyl sites for hydroxylation is 2. The van der Waals surface area contributed by atoms with E-state index in [1.165, 1.54) is 12.1 Å². The molecule has 0 saturated carbocycles. The Labute approximate surface area is 113 Å². The van der Waals surface area contributed by atoms with Crippen molar-refractivity contribution < 1.29 is 9.18 Å². The molecule has 0 N–H and O–H groups in total. The molecule has 1 aromatic carbocycles. The number of hydrogen-bond donors (Lipinski definition) is 0. The normalized spacial score (nSPS) is 10.6. The van der Waals surface area contributed by atoms with Gasteiger partial charge in [0.15, 0.2) is 5.78 Å². The zero-order valence-corrected chi connectivity index (χ0v) is 11.4. The van der Waals surface area contributed by atoms with Crippen LogP contribution in [0.3, 0.4) is 0 Å². The van der Waals surface area contributed by atoms with Gasteiger partial charge in [-0.05, 0) is 30.7 Å². The first-order valence-corrected chi connectivity index (χ1v) is 6.32. The van der Waals surface area contributed by atoms with Crippen molar-refractivity contribution in [1.82, 2.24) is 9.78 Å². The van der Waals surface area contributed by atoms with Crippen LogP contribution in [0.2, 0.25) is 0 Å². The van der Waals surface area contributed by atoms with Crippen molar-refractivity contribution >= 4 is 21.7 Å². The summed E-state index contributed by atoms with van der Waals surface area (Å²) >= 11 is 3.23. The maximum Gasteiger partial charge on any atom is 0.166 e. The van der Waals surface area contributed by atoms with Crippen LogP contribution in [0.25, 0.3) is 0 Å². The largest absolute Gasteiger partial charge is 0.294 e. The summed E-state index contributed by atoms with van der Waals surface area (Å²) in [4.78, 5) is 11.9. The van der Waals surface area contributed by atoms with Crippen molar-refractivity contribution in [2.24, 2.45) is 7.05 Å². The van der Waals surface area contributed by atoms with Crippen LogP contribution in [0, 0.1) is 5.82 Å². The third-order valence-electron chi connectivity index (χ3n) is 2.76. The Balaban J connectivity index is 2.08. The monoisotopic (exact) mass is 310 g/mol. The number of ketones is 1. The summed E-state index contributed by atoms with van der Waals surface area (Å²) in [6.45, 7) is 0. The number of aromatic nitrogens is 2. The van der Waals surface area contributed by atoms with E-state index in [0.717, 1.165) is 5.69 Å². The van der Waals surface area contributed by atoms with E-state index >= 15 is 0 Å². The van der Waals surface area contributed by atoms with E-state index in [1.807, 2.05) is 13.1 Å². The van der Waals surface area contributed by atoms with E-state index in [4.69, 9.17) is 0 Å². The highest BCUT2D eigenvalue weighted by molar-refractivity contribution is 9.10. The molecule has 0 aliphatic rings. The molecule has 0 spiro atoms. The standard InChI is InChI=1S/C13H12BrFN2O/c1-17-10(6-7-16-17)3-5-13(18)11-8-9(14)2-4-12(11)15/h2,4,6-8H,3,5H2,1H3. The summed E-state index contributed by atoms with van der Waals surface area (Å²) in [6, 6.07) is 6.24. The van der Waals surface area contributed by atoms with Crippen LogP contribution in [0.4, 0.5) is 4.39 Å². The summed E-state index contributed by atoms with van der Waals surface area (Å²) in [5, 5.41) is 4.02. The second-order valence-electron chi connectivity index (χ2n) is 3.99. The number of hydrogen-bond acceptors (Lipinski definition) is 2. The highest BCUT2D eigenvalue weighted by Crippen LogP contribution is 2.17. The number of carbonyl (C=O) groups excluding carboxylic acids is 1. The predicted octanol–water partition coefficient (Wildman–Crippen LogP) is 3.14. The molecule has 0 unspecified atom stereocenters. The molecule has 0 bridgehead atoms. The van der Waals surface area contributed by atoms with Crippen molar-refractivity contribution in [3.05, 3.63) is 52.0 Å². The molecular weight excluding hydrogens is 299 g/mol. The summed E-state index contributed by atoms with van der Waals surface area (Å²) in [6.07, 6.45) is 2.51. The van der Waals surface area contributed by atoms with Gasteiger partial charge in [0.2, 0.25) is 0 Å². The third-order valence-corrected chi connectivity index (χ3v) is 3.25. The van der Waals surface area contributed by atoms with Crippen molar-refractivity contribution in [3.8, 4) is 0 Å². The van der Waals surface area contributed by atoms with Crippen LogP contribution >= 0.6 is 15.9 Å². The predicted molar refractivity (Wildman–Crippen MR) is 70.0 cm³/mol. The molecule has 18 heavy (non-hydrogen) atoms. The number of benzene rings is 1. The molecule has 0 amide bonds. The fourth-order valence-electron chi connectivity index (χ4n) is 1.73. The average Bonchev–Trinajstić information content (AvgIpc) is 2.75. The average molecular weight is 311 g/mol. The Hall–Kier alpha value is -1.49. The van der Waals surface area contributed by atoms with Gasteiger partial charge < -0.3 is 0 Å². The Kier molecular flexibility index (Phi) is 3.91. The van der Waals surface area contributed by atoms with E-state index in [-0.39, 0.29) is 17.8 Å². The molecule has 1 heterocycles. The molecule has 0 aliphatic heterocycles. The lowest BCUT2D eigenvalue weighted by atomic mass is 10.1. The summed E-state index contributed by atoms with van der Waals surface area (Å²) < 4.78 is 15.9. The van der Waals surface area contributed by atoms with Crippen molar-refractivity contribution in [2.75, 3.05) is 0 Å². The number of Topliss-reactive ketones (excluding diaryl/α,β-unsaturated/α-hetero) is 1. The number of nitrogens with zero attached hydrogens (tertiary/aromatic N) is 2. The van der Waals surface area contributed by atoms with Gasteiger partial charge in [-0.1, -0.05) is 15.9 Å². The topological polar surface area (TPSA) is 34.9 Å². The molecule has 5 heteroatoms. The van der Waals surface area contributed by atoms with Crippen molar-refractivity contribution in [1.29, 1.82) is 0 Å². The number of carbonyl (C=O) groups is 1. The second kappa shape index (κ2) is 5.44. The van der Waals surface area contributed by atoms with Gasteiger partial charge in [-0.2, -0.15) is 5.10 Å². The van der Waals surface area contributed by atoms with Crippen LogP contribution in [0.15, 0.2) is 34.9 Å². The molecule has 2 rings (SSSR count). The molecule has 2 aromatic rings. The summed E-state index contributed by atoms with van der Waals surface area (Å²) in [5.74, 6) is -0.678. The molecule has 0 fully saturated rings. The van der Waals surface area contributed by atoms with E-state index in [0.29, 0.717) is 10.9 Å². The van der Waals surface area contributed by atoms with Gasteiger partial charge in [-0.3, -0.25) is 9.48 Å². The van der Waals surface area contributed by atoms with Crippen molar-refractivity contribution in [3.63, 3.8) is 0 Å². The molecular formula is C13H12BrFN2O. The Bertz CT molecular complexity index is 580. The lowest BCUT2D eigenvalue weighted by Gasteiger charge is -2.04. The molecule has 0 atom stereocenters. The lowest BCUT2D eigenvalue weighted by Crippen LogP contribution is -2.06. The molecule has 0 aliphatic carbocycles.